The van der Waals surface area contributed by atoms with E-state index in [4.69, 9.17) is 4.84 Å². The van der Waals surface area contributed by atoms with Crippen LogP contribution in [0.1, 0.15) is 39.2 Å². The van der Waals surface area contributed by atoms with Gasteiger partial charge in [-0.05, 0) is 18.5 Å². The zero-order valence-corrected chi connectivity index (χ0v) is 12.1. The van der Waals surface area contributed by atoms with E-state index < -0.39 is 0 Å². The van der Waals surface area contributed by atoms with Crippen molar-refractivity contribution in [3.05, 3.63) is 35.9 Å². The first-order chi connectivity index (χ1) is 9.16. The molecular weight excluding hydrogens is 236 g/mol. The van der Waals surface area contributed by atoms with Crippen molar-refractivity contribution >= 4 is 5.71 Å². The van der Waals surface area contributed by atoms with Crippen LogP contribution in [0.3, 0.4) is 0 Å². The van der Waals surface area contributed by atoms with Crippen molar-refractivity contribution in [3.63, 3.8) is 0 Å². The second-order valence-corrected chi connectivity index (χ2v) is 5.68. The van der Waals surface area contributed by atoms with Crippen LogP contribution in [0, 0.1) is 5.41 Å². The second-order valence-electron chi connectivity index (χ2n) is 5.68. The van der Waals surface area contributed by atoms with E-state index in [9.17, 15) is 0 Å². The molecule has 1 atom stereocenters. The van der Waals surface area contributed by atoms with Crippen LogP contribution in [0.15, 0.2) is 35.5 Å². The van der Waals surface area contributed by atoms with Gasteiger partial charge in [-0.25, -0.2) is 0 Å². The van der Waals surface area contributed by atoms with E-state index in [1.807, 2.05) is 18.2 Å². The summed E-state index contributed by atoms with van der Waals surface area (Å²) in [5.41, 5.74) is 2.15. The van der Waals surface area contributed by atoms with Gasteiger partial charge in [-0.2, -0.15) is 0 Å². The summed E-state index contributed by atoms with van der Waals surface area (Å²) in [7, 11) is 0. The number of hydrogen-bond donors (Lipinski definition) is 1. The fourth-order valence-electron chi connectivity index (χ4n) is 2.37. The highest BCUT2D eigenvalue weighted by Gasteiger charge is 2.42. The molecule has 0 fully saturated rings. The minimum absolute atomic E-state index is 0.0550. The Kier molecular flexibility index (Phi) is 4.59. The first-order valence-corrected chi connectivity index (χ1v) is 7.16. The van der Waals surface area contributed by atoms with E-state index in [1.54, 1.807) is 0 Å². The van der Waals surface area contributed by atoms with Gasteiger partial charge in [0.2, 0.25) is 0 Å². The monoisotopic (exact) mass is 260 g/mol. The Morgan fingerprint density at radius 1 is 1.26 bits per heavy atom. The zero-order chi connectivity index (χ0) is 13.7. The average Bonchev–Trinajstić information content (AvgIpc) is 2.71. The molecule has 1 heterocycles. The molecule has 1 aromatic carbocycles. The summed E-state index contributed by atoms with van der Waals surface area (Å²) in [6.07, 6.45) is 2.53. The second kappa shape index (κ2) is 6.20. The summed E-state index contributed by atoms with van der Waals surface area (Å²) < 4.78 is 0. The molecule has 0 spiro atoms. The third kappa shape index (κ3) is 3.16. The van der Waals surface area contributed by atoms with E-state index in [2.05, 4.69) is 43.4 Å². The first-order valence-electron chi connectivity index (χ1n) is 7.16. The molecular formula is C16H24N2O. The maximum atomic E-state index is 5.64. The standard InChI is InChI=1S/C16H24N2O/c1-4-5-11-17-12-14-16(2,3)15(18-19-14)13-9-7-6-8-10-13/h6-10,14,17H,4-5,11-12H2,1-3H3. The molecule has 0 aliphatic carbocycles. The van der Waals surface area contributed by atoms with Gasteiger partial charge in [0.1, 0.15) is 0 Å². The Morgan fingerprint density at radius 3 is 2.68 bits per heavy atom. The maximum Gasteiger partial charge on any atom is 0.150 e. The molecule has 3 heteroatoms. The summed E-state index contributed by atoms with van der Waals surface area (Å²) in [6.45, 7) is 8.52. The highest BCUT2D eigenvalue weighted by molar-refractivity contribution is 6.05. The minimum Gasteiger partial charge on any atom is -0.390 e. The van der Waals surface area contributed by atoms with Crippen LogP contribution in [0.25, 0.3) is 0 Å². The minimum atomic E-state index is -0.0550. The number of benzene rings is 1. The molecule has 0 aromatic heterocycles. The molecule has 1 N–H and O–H groups in total. The molecule has 1 aliphatic heterocycles. The third-order valence-corrected chi connectivity index (χ3v) is 3.77. The largest absolute Gasteiger partial charge is 0.390 e. The Balaban J connectivity index is 1.98. The summed E-state index contributed by atoms with van der Waals surface area (Å²) in [5.74, 6) is 0. The van der Waals surface area contributed by atoms with Crippen LogP contribution < -0.4 is 5.32 Å². The number of nitrogens with zero attached hydrogens (tertiary/aromatic N) is 1. The van der Waals surface area contributed by atoms with Crippen molar-refractivity contribution in [1.82, 2.24) is 5.32 Å². The Hall–Kier alpha value is -1.35. The van der Waals surface area contributed by atoms with Gasteiger partial charge in [0.05, 0.1) is 11.1 Å². The number of hydrogen-bond acceptors (Lipinski definition) is 3. The lowest BCUT2D eigenvalue weighted by Gasteiger charge is -2.26. The van der Waals surface area contributed by atoms with Gasteiger partial charge in [0, 0.05) is 6.54 Å². The predicted octanol–water partition coefficient (Wildman–Crippen LogP) is 3.21. The van der Waals surface area contributed by atoms with Gasteiger partial charge in [0.15, 0.2) is 6.10 Å². The van der Waals surface area contributed by atoms with Gasteiger partial charge in [0.25, 0.3) is 0 Å². The van der Waals surface area contributed by atoms with Crippen LogP contribution in [-0.2, 0) is 4.84 Å². The van der Waals surface area contributed by atoms with Crippen LogP contribution in [0.4, 0.5) is 0 Å². The fraction of sp³-hybridized carbons (Fsp3) is 0.562. The van der Waals surface area contributed by atoms with Gasteiger partial charge in [-0.1, -0.05) is 62.7 Å². The Morgan fingerprint density at radius 2 is 2.00 bits per heavy atom. The quantitative estimate of drug-likeness (QED) is 0.797. The van der Waals surface area contributed by atoms with Crippen molar-refractivity contribution < 1.29 is 4.84 Å². The highest BCUT2D eigenvalue weighted by Crippen LogP contribution is 2.34. The smallest absolute Gasteiger partial charge is 0.150 e. The van der Waals surface area contributed by atoms with Gasteiger partial charge < -0.3 is 10.2 Å². The molecule has 1 unspecified atom stereocenters. The molecule has 0 saturated carbocycles. The maximum absolute atomic E-state index is 5.64. The van der Waals surface area contributed by atoms with Crippen LogP contribution >= 0.6 is 0 Å². The molecule has 104 valence electrons. The number of nitrogens with one attached hydrogen (secondary N) is 1. The van der Waals surface area contributed by atoms with Gasteiger partial charge >= 0.3 is 0 Å². The van der Waals surface area contributed by atoms with E-state index in [1.165, 1.54) is 12.8 Å². The molecule has 19 heavy (non-hydrogen) atoms. The molecule has 0 amide bonds. The molecule has 1 aliphatic rings. The number of oxime groups is 1. The van der Waals surface area contributed by atoms with Crippen molar-refractivity contribution in [2.75, 3.05) is 13.1 Å². The summed E-state index contributed by atoms with van der Waals surface area (Å²) >= 11 is 0. The zero-order valence-electron chi connectivity index (χ0n) is 12.1. The van der Waals surface area contributed by atoms with E-state index in [0.29, 0.717) is 0 Å². The Labute approximate surface area is 116 Å². The lowest BCUT2D eigenvalue weighted by Crippen LogP contribution is -2.40. The van der Waals surface area contributed by atoms with E-state index >= 15 is 0 Å². The van der Waals surface area contributed by atoms with Crippen molar-refractivity contribution in [2.24, 2.45) is 10.6 Å². The van der Waals surface area contributed by atoms with Crippen LogP contribution in [-0.4, -0.2) is 24.9 Å². The van der Waals surface area contributed by atoms with Crippen molar-refractivity contribution in [3.8, 4) is 0 Å². The molecule has 0 saturated heterocycles. The van der Waals surface area contributed by atoms with E-state index in [-0.39, 0.29) is 11.5 Å². The normalized spacial score (nSPS) is 21.0. The summed E-state index contributed by atoms with van der Waals surface area (Å²) in [4.78, 5) is 5.64. The predicted molar refractivity (Wildman–Crippen MR) is 79.4 cm³/mol. The summed E-state index contributed by atoms with van der Waals surface area (Å²) in [6, 6.07) is 10.3. The third-order valence-electron chi connectivity index (χ3n) is 3.77. The highest BCUT2D eigenvalue weighted by atomic mass is 16.6. The fourth-order valence-corrected chi connectivity index (χ4v) is 2.37. The van der Waals surface area contributed by atoms with Gasteiger partial charge in [-0.15, -0.1) is 0 Å². The van der Waals surface area contributed by atoms with Crippen LogP contribution in [0.2, 0.25) is 0 Å². The van der Waals surface area contributed by atoms with Gasteiger partial charge in [-0.3, -0.25) is 0 Å². The van der Waals surface area contributed by atoms with Crippen LogP contribution in [0.5, 0.6) is 0 Å². The topological polar surface area (TPSA) is 33.6 Å². The molecule has 2 rings (SSSR count). The van der Waals surface area contributed by atoms with Crippen molar-refractivity contribution in [1.29, 1.82) is 0 Å². The van der Waals surface area contributed by atoms with Crippen molar-refractivity contribution in [2.45, 2.75) is 39.7 Å². The Bertz CT molecular complexity index is 426. The molecule has 0 bridgehead atoms. The lowest BCUT2D eigenvalue weighted by molar-refractivity contribution is 0.0371. The first kappa shape index (κ1) is 14.1. The number of rotatable bonds is 6. The SMILES string of the molecule is CCCCNCC1ON=C(c2ccccc2)C1(C)C. The average molecular weight is 260 g/mol. The molecule has 0 radical (unpaired) electrons. The number of unbranched alkanes of at least 4 members (excludes halogenated alkanes) is 1. The summed E-state index contributed by atoms with van der Waals surface area (Å²) in [5, 5.41) is 7.77. The van der Waals surface area contributed by atoms with E-state index in [0.717, 1.165) is 24.4 Å². The lowest BCUT2D eigenvalue weighted by atomic mass is 9.79. The molecule has 1 aromatic rings. The molecule has 3 nitrogen and oxygen atoms in total.